The molecule has 10 heteroatoms. The molecule has 0 amide bonds. The summed E-state index contributed by atoms with van der Waals surface area (Å²) in [5, 5.41) is 65.8. The molecule has 0 radical (unpaired) electrons. The molecule has 0 heterocycles. The fraction of sp³-hybridized carbons (Fsp3) is 0.533. The van der Waals surface area contributed by atoms with Gasteiger partial charge in [-0.25, -0.2) is 4.79 Å². The first kappa shape index (κ1) is 21.1. The normalized spacial score (nSPS) is 17.2. The van der Waals surface area contributed by atoms with Crippen molar-refractivity contribution in [2.24, 2.45) is 0 Å². The van der Waals surface area contributed by atoms with Crippen LogP contribution in [0.5, 0.6) is 11.5 Å². The third kappa shape index (κ3) is 5.53. The molecular weight excluding hydrogens is 340 g/mol. The van der Waals surface area contributed by atoms with Gasteiger partial charge in [0.15, 0.2) is 11.5 Å². The Morgan fingerprint density at radius 3 is 2.20 bits per heavy atom. The number of methoxy groups -OCH3 is 1. The number of hydrogen-bond donors (Lipinski definition) is 7. The molecule has 7 N–H and O–H groups in total. The lowest BCUT2D eigenvalue weighted by molar-refractivity contribution is -0.146. The molecular formula is C15H22O10. The van der Waals surface area contributed by atoms with Crippen molar-refractivity contribution in [3.05, 3.63) is 23.8 Å². The summed E-state index contributed by atoms with van der Waals surface area (Å²) in [7, 11) is 1.29. The fourth-order valence-corrected chi connectivity index (χ4v) is 1.91. The summed E-state index contributed by atoms with van der Waals surface area (Å²) < 4.78 is 9.61. The van der Waals surface area contributed by atoms with Crippen molar-refractivity contribution in [1.82, 2.24) is 0 Å². The molecule has 1 aromatic carbocycles. The Morgan fingerprint density at radius 2 is 1.64 bits per heavy atom. The molecule has 0 aliphatic carbocycles. The summed E-state index contributed by atoms with van der Waals surface area (Å²) >= 11 is 0. The van der Waals surface area contributed by atoms with Crippen molar-refractivity contribution in [1.29, 1.82) is 0 Å². The van der Waals surface area contributed by atoms with E-state index in [0.29, 0.717) is 0 Å². The molecule has 1 rings (SSSR count). The van der Waals surface area contributed by atoms with Gasteiger partial charge in [0.05, 0.1) is 19.3 Å². The van der Waals surface area contributed by atoms with Gasteiger partial charge in [-0.2, -0.15) is 0 Å². The first-order valence-corrected chi connectivity index (χ1v) is 7.28. The summed E-state index contributed by atoms with van der Waals surface area (Å²) in [4.78, 5) is 11.9. The van der Waals surface area contributed by atoms with Gasteiger partial charge >= 0.3 is 5.97 Å². The van der Waals surface area contributed by atoms with E-state index in [2.05, 4.69) is 0 Å². The number of benzene rings is 1. The lowest BCUT2D eigenvalue weighted by atomic mass is 10.00. The Hall–Kier alpha value is -1.95. The van der Waals surface area contributed by atoms with Gasteiger partial charge in [0.1, 0.15) is 37.1 Å². The van der Waals surface area contributed by atoms with Crippen LogP contribution in [0.3, 0.4) is 0 Å². The van der Waals surface area contributed by atoms with Gasteiger partial charge in [-0.15, -0.1) is 0 Å². The van der Waals surface area contributed by atoms with Gasteiger partial charge in [0.25, 0.3) is 0 Å². The summed E-state index contributed by atoms with van der Waals surface area (Å²) in [6, 6.07) is 3.66. The monoisotopic (exact) mass is 362 g/mol. The molecule has 0 saturated heterocycles. The second kappa shape index (κ2) is 9.51. The molecule has 5 unspecified atom stereocenters. The average molecular weight is 362 g/mol. The molecule has 0 aromatic heterocycles. The molecule has 10 nitrogen and oxygen atoms in total. The number of aliphatic hydroxyl groups excluding tert-OH is 6. The smallest absolute Gasteiger partial charge is 0.338 e. The summed E-state index contributed by atoms with van der Waals surface area (Å²) in [6.07, 6.45) is -9.32. The topological polar surface area (TPSA) is 177 Å². The molecule has 0 bridgehead atoms. The number of aromatic hydroxyl groups is 1. The van der Waals surface area contributed by atoms with Crippen molar-refractivity contribution in [3.8, 4) is 11.5 Å². The van der Waals surface area contributed by atoms with E-state index in [1.54, 1.807) is 0 Å². The lowest BCUT2D eigenvalue weighted by Gasteiger charge is -2.28. The first-order chi connectivity index (χ1) is 11.7. The Kier molecular flexibility index (Phi) is 8.03. The Bertz CT molecular complexity index is 563. The van der Waals surface area contributed by atoms with Gasteiger partial charge in [-0.1, -0.05) is 0 Å². The molecule has 25 heavy (non-hydrogen) atoms. The van der Waals surface area contributed by atoms with Crippen LogP contribution < -0.4 is 4.74 Å². The predicted octanol–water partition coefficient (Wildman–Crippen LogP) is -2.65. The SMILES string of the molecule is COc1cc(C(=O)OCC(O)C(O)C(O)C(O)C(O)CO)ccc1O. The van der Waals surface area contributed by atoms with E-state index >= 15 is 0 Å². The van der Waals surface area contributed by atoms with Crippen LogP contribution >= 0.6 is 0 Å². The van der Waals surface area contributed by atoms with Crippen LogP contribution in [0, 0.1) is 0 Å². The van der Waals surface area contributed by atoms with E-state index in [9.17, 15) is 35.4 Å². The number of carbonyl (C=O) groups is 1. The van der Waals surface area contributed by atoms with Crippen LogP contribution in [-0.4, -0.2) is 92.6 Å². The van der Waals surface area contributed by atoms with Crippen molar-refractivity contribution in [2.45, 2.75) is 30.5 Å². The van der Waals surface area contributed by atoms with Gasteiger partial charge in [0.2, 0.25) is 0 Å². The number of aliphatic hydroxyl groups is 6. The Labute approximate surface area is 143 Å². The van der Waals surface area contributed by atoms with Crippen molar-refractivity contribution in [3.63, 3.8) is 0 Å². The average Bonchev–Trinajstić information content (AvgIpc) is 2.63. The van der Waals surface area contributed by atoms with Crippen LogP contribution in [-0.2, 0) is 4.74 Å². The third-order valence-electron chi connectivity index (χ3n) is 3.48. The molecule has 0 spiro atoms. The highest BCUT2D eigenvalue weighted by molar-refractivity contribution is 5.90. The summed E-state index contributed by atoms with van der Waals surface area (Å²) in [5.41, 5.74) is 0.00706. The maximum atomic E-state index is 11.9. The second-order valence-corrected chi connectivity index (χ2v) is 5.27. The largest absolute Gasteiger partial charge is 0.504 e. The number of carbonyl (C=O) groups excluding carboxylic acids is 1. The predicted molar refractivity (Wildman–Crippen MR) is 82.1 cm³/mol. The number of hydrogen-bond acceptors (Lipinski definition) is 10. The standard InChI is InChI=1S/C15H22O10/c1-24-11-4-7(2-3-8(11)17)15(23)25-6-10(19)13(21)14(22)12(20)9(18)5-16/h2-4,9-10,12-14,16-22H,5-6H2,1H3. The molecule has 5 atom stereocenters. The molecule has 0 aliphatic heterocycles. The minimum absolute atomic E-state index is 0.00706. The quantitative estimate of drug-likeness (QED) is 0.230. The highest BCUT2D eigenvalue weighted by Crippen LogP contribution is 2.26. The van der Waals surface area contributed by atoms with Crippen molar-refractivity contribution < 1.29 is 50.0 Å². The van der Waals surface area contributed by atoms with E-state index in [1.165, 1.54) is 25.3 Å². The summed E-state index contributed by atoms with van der Waals surface area (Å²) in [5.74, 6) is -1.05. The van der Waals surface area contributed by atoms with E-state index in [1.807, 2.05) is 0 Å². The van der Waals surface area contributed by atoms with Crippen LogP contribution in [0.2, 0.25) is 0 Å². The van der Waals surface area contributed by atoms with E-state index in [4.69, 9.17) is 14.6 Å². The molecule has 1 aromatic rings. The van der Waals surface area contributed by atoms with Crippen LogP contribution in [0.15, 0.2) is 18.2 Å². The second-order valence-electron chi connectivity index (χ2n) is 5.27. The number of esters is 1. The van der Waals surface area contributed by atoms with E-state index in [-0.39, 0.29) is 17.1 Å². The van der Waals surface area contributed by atoms with Crippen LogP contribution in [0.25, 0.3) is 0 Å². The number of phenolic OH excluding ortho intramolecular Hbond substituents is 1. The number of ether oxygens (including phenoxy) is 2. The van der Waals surface area contributed by atoms with Crippen LogP contribution in [0.1, 0.15) is 10.4 Å². The molecule has 142 valence electrons. The maximum absolute atomic E-state index is 11.9. The van der Waals surface area contributed by atoms with Crippen LogP contribution in [0.4, 0.5) is 0 Å². The van der Waals surface area contributed by atoms with Gasteiger partial charge < -0.3 is 45.2 Å². The Morgan fingerprint density at radius 1 is 1.04 bits per heavy atom. The Balaban J connectivity index is 2.63. The van der Waals surface area contributed by atoms with Crippen molar-refractivity contribution in [2.75, 3.05) is 20.3 Å². The summed E-state index contributed by atoms with van der Waals surface area (Å²) in [6.45, 7) is -1.58. The third-order valence-corrected chi connectivity index (χ3v) is 3.48. The first-order valence-electron chi connectivity index (χ1n) is 7.28. The molecule has 0 saturated carbocycles. The lowest BCUT2D eigenvalue weighted by Crippen LogP contribution is -2.51. The minimum Gasteiger partial charge on any atom is -0.504 e. The van der Waals surface area contributed by atoms with Gasteiger partial charge in [-0.05, 0) is 18.2 Å². The molecule has 0 fully saturated rings. The highest BCUT2D eigenvalue weighted by atomic mass is 16.5. The van der Waals surface area contributed by atoms with Gasteiger partial charge in [0, 0.05) is 0 Å². The van der Waals surface area contributed by atoms with E-state index in [0.717, 1.165) is 0 Å². The fourth-order valence-electron chi connectivity index (χ4n) is 1.91. The number of phenols is 1. The van der Waals surface area contributed by atoms with Gasteiger partial charge in [-0.3, -0.25) is 0 Å². The zero-order valence-electron chi connectivity index (χ0n) is 13.4. The number of rotatable bonds is 9. The molecule has 0 aliphatic rings. The van der Waals surface area contributed by atoms with E-state index < -0.39 is 49.7 Å². The maximum Gasteiger partial charge on any atom is 0.338 e. The minimum atomic E-state index is -1.98. The van der Waals surface area contributed by atoms with Crippen molar-refractivity contribution >= 4 is 5.97 Å². The zero-order chi connectivity index (χ0) is 19.1. The zero-order valence-corrected chi connectivity index (χ0v) is 13.4. The highest BCUT2D eigenvalue weighted by Gasteiger charge is 2.34.